The van der Waals surface area contributed by atoms with Crippen molar-refractivity contribution in [3.05, 3.63) is 65.3 Å². The molecular formula is C18H18ClN5. The molecule has 0 unspecified atom stereocenters. The number of rotatable bonds is 5. The lowest BCUT2D eigenvalue weighted by atomic mass is 10.0. The van der Waals surface area contributed by atoms with E-state index in [2.05, 4.69) is 51.8 Å². The molecule has 0 aliphatic rings. The molecule has 6 heteroatoms. The van der Waals surface area contributed by atoms with Gasteiger partial charge in [-0.15, -0.1) is 5.10 Å². The lowest BCUT2D eigenvalue weighted by Gasteiger charge is -2.10. The van der Waals surface area contributed by atoms with Gasteiger partial charge >= 0.3 is 0 Å². The highest BCUT2D eigenvalue weighted by Gasteiger charge is 2.05. The summed E-state index contributed by atoms with van der Waals surface area (Å²) in [5.41, 5.74) is 2.98. The fraction of sp³-hybridized carbons (Fsp3) is 0.167. The zero-order chi connectivity index (χ0) is 16.9. The quantitative estimate of drug-likeness (QED) is 0.674. The molecule has 3 rings (SSSR count). The smallest absolute Gasteiger partial charge is 0.249 e. The SMILES string of the molecule is CC(C)c1ccc(Nc2cnnc(Nc3ccccc3Cl)n2)cc1. The zero-order valence-electron chi connectivity index (χ0n) is 13.5. The highest BCUT2D eigenvalue weighted by Crippen LogP contribution is 2.24. The van der Waals surface area contributed by atoms with Crippen molar-refractivity contribution < 1.29 is 0 Å². The van der Waals surface area contributed by atoms with Crippen molar-refractivity contribution in [3.63, 3.8) is 0 Å². The van der Waals surface area contributed by atoms with Gasteiger partial charge in [0.2, 0.25) is 5.95 Å². The molecule has 0 aliphatic heterocycles. The van der Waals surface area contributed by atoms with Gasteiger partial charge in [-0.25, -0.2) is 0 Å². The van der Waals surface area contributed by atoms with E-state index in [9.17, 15) is 0 Å². The molecule has 0 radical (unpaired) electrons. The van der Waals surface area contributed by atoms with Gasteiger partial charge in [0, 0.05) is 5.69 Å². The first-order valence-corrected chi connectivity index (χ1v) is 8.08. The lowest BCUT2D eigenvalue weighted by molar-refractivity contribution is 0.867. The van der Waals surface area contributed by atoms with Gasteiger partial charge in [-0.2, -0.15) is 10.1 Å². The summed E-state index contributed by atoms with van der Waals surface area (Å²) >= 11 is 6.13. The number of benzene rings is 2. The fourth-order valence-corrected chi connectivity index (χ4v) is 2.38. The van der Waals surface area contributed by atoms with Crippen LogP contribution in [0.15, 0.2) is 54.7 Å². The minimum atomic E-state index is 0.381. The number of halogens is 1. The van der Waals surface area contributed by atoms with Gasteiger partial charge in [-0.1, -0.05) is 49.7 Å². The van der Waals surface area contributed by atoms with Crippen molar-refractivity contribution >= 4 is 34.7 Å². The third-order valence-electron chi connectivity index (χ3n) is 3.53. The molecule has 5 nitrogen and oxygen atoms in total. The molecule has 122 valence electrons. The maximum absolute atomic E-state index is 6.13. The van der Waals surface area contributed by atoms with Gasteiger partial charge in [0.1, 0.15) is 0 Å². The van der Waals surface area contributed by atoms with Gasteiger partial charge in [0.15, 0.2) is 5.82 Å². The first kappa shape index (κ1) is 16.2. The van der Waals surface area contributed by atoms with Crippen LogP contribution in [0.4, 0.5) is 23.1 Å². The minimum Gasteiger partial charge on any atom is -0.339 e. The van der Waals surface area contributed by atoms with Crippen LogP contribution in [0.3, 0.4) is 0 Å². The lowest BCUT2D eigenvalue weighted by Crippen LogP contribution is -2.02. The molecule has 0 bridgehead atoms. The van der Waals surface area contributed by atoms with Crippen molar-refractivity contribution in [2.75, 3.05) is 10.6 Å². The number of hydrogen-bond donors (Lipinski definition) is 2. The second-order valence-electron chi connectivity index (χ2n) is 5.67. The Morgan fingerprint density at radius 3 is 2.42 bits per heavy atom. The van der Waals surface area contributed by atoms with Crippen LogP contribution in [-0.2, 0) is 0 Å². The molecule has 0 saturated heterocycles. The number of nitrogens with zero attached hydrogens (tertiary/aromatic N) is 3. The molecule has 0 spiro atoms. The second-order valence-corrected chi connectivity index (χ2v) is 6.08. The van der Waals surface area contributed by atoms with Crippen molar-refractivity contribution in [2.45, 2.75) is 19.8 Å². The normalized spacial score (nSPS) is 10.7. The van der Waals surface area contributed by atoms with E-state index < -0.39 is 0 Å². The van der Waals surface area contributed by atoms with Crippen LogP contribution in [-0.4, -0.2) is 15.2 Å². The molecule has 0 saturated carbocycles. The van der Waals surface area contributed by atoms with E-state index in [0.29, 0.717) is 22.7 Å². The Kier molecular flexibility index (Phi) is 4.91. The monoisotopic (exact) mass is 339 g/mol. The molecule has 3 aromatic rings. The van der Waals surface area contributed by atoms with E-state index in [1.165, 1.54) is 5.56 Å². The molecule has 1 heterocycles. The van der Waals surface area contributed by atoms with Crippen LogP contribution in [0.25, 0.3) is 0 Å². The predicted octanol–water partition coefficient (Wildman–Crippen LogP) is 5.14. The largest absolute Gasteiger partial charge is 0.339 e. The Morgan fingerprint density at radius 1 is 0.958 bits per heavy atom. The summed E-state index contributed by atoms with van der Waals surface area (Å²) in [6.45, 7) is 4.34. The van der Waals surface area contributed by atoms with Crippen molar-refractivity contribution in [1.29, 1.82) is 0 Å². The number of hydrogen-bond acceptors (Lipinski definition) is 5. The first-order chi connectivity index (χ1) is 11.6. The summed E-state index contributed by atoms with van der Waals surface area (Å²) < 4.78 is 0. The Morgan fingerprint density at radius 2 is 1.71 bits per heavy atom. The highest BCUT2D eigenvalue weighted by atomic mass is 35.5. The third kappa shape index (κ3) is 4.00. The predicted molar refractivity (Wildman–Crippen MR) is 98.4 cm³/mol. The van der Waals surface area contributed by atoms with Gasteiger partial charge in [-0.3, -0.25) is 0 Å². The van der Waals surface area contributed by atoms with E-state index in [4.69, 9.17) is 11.6 Å². The van der Waals surface area contributed by atoms with Gasteiger partial charge < -0.3 is 10.6 Å². The zero-order valence-corrected chi connectivity index (χ0v) is 14.2. The van der Waals surface area contributed by atoms with Crippen LogP contribution in [0.2, 0.25) is 5.02 Å². The summed E-state index contributed by atoms with van der Waals surface area (Å²) in [5, 5.41) is 14.8. The Bertz CT molecular complexity index is 818. The Balaban J connectivity index is 1.74. The molecule has 0 aliphatic carbocycles. The third-order valence-corrected chi connectivity index (χ3v) is 3.86. The number of nitrogens with one attached hydrogen (secondary N) is 2. The van der Waals surface area contributed by atoms with Crippen molar-refractivity contribution in [1.82, 2.24) is 15.2 Å². The molecule has 1 aromatic heterocycles. The van der Waals surface area contributed by atoms with E-state index in [-0.39, 0.29) is 0 Å². The van der Waals surface area contributed by atoms with E-state index in [1.807, 2.05) is 30.3 Å². The molecule has 24 heavy (non-hydrogen) atoms. The summed E-state index contributed by atoms with van der Waals surface area (Å²) in [4.78, 5) is 4.41. The summed E-state index contributed by atoms with van der Waals surface area (Å²) in [6.07, 6.45) is 1.58. The van der Waals surface area contributed by atoms with Crippen LogP contribution in [0, 0.1) is 0 Å². The molecule has 0 fully saturated rings. The molecule has 2 aromatic carbocycles. The second kappa shape index (κ2) is 7.27. The van der Waals surface area contributed by atoms with Crippen molar-refractivity contribution in [2.24, 2.45) is 0 Å². The highest BCUT2D eigenvalue weighted by molar-refractivity contribution is 6.33. The maximum atomic E-state index is 6.13. The number of aromatic nitrogens is 3. The Hall–Kier alpha value is -2.66. The standard InChI is InChI=1S/C18H18ClN5/c1-12(2)13-7-9-14(10-8-13)21-17-11-20-24-18(23-17)22-16-6-4-3-5-15(16)19/h3-12H,1-2H3,(H2,21,22,23,24). The average Bonchev–Trinajstić information content (AvgIpc) is 2.58. The fourth-order valence-electron chi connectivity index (χ4n) is 2.20. The first-order valence-electron chi connectivity index (χ1n) is 7.70. The van der Waals surface area contributed by atoms with Crippen LogP contribution in [0.5, 0.6) is 0 Å². The van der Waals surface area contributed by atoms with E-state index in [1.54, 1.807) is 12.3 Å². The number of para-hydroxylation sites is 1. The summed E-state index contributed by atoms with van der Waals surface area (Å²) in [7, 11) is 0. The van der Waals surface area contributed by atoms with Gasteiger partial charge in [0.25, 0.3) is 0 Å². The Labute approximate surface area is 146 Å². The van der Waals surface area contributed by atoms with Gasteiger partial charge in [-0.05, 0) is 35.7 Å². The topological polar surface area (TPSA) is 62.7 Å². The molecule has 2 N–H and O–H groups in total. The van der Waals surface area contributed by atoms with Crippen LogP contribution in [0.1, 0.15) is 25.3 Å². The van der Waals surface area contributed by atoms with Crippen molar-refractivity contribution in [3.8, 4) is 0 Å². The number of anilines is 4. The van der Waals surface area contributed by atoms with Gasteiger partial charge in [0.05, 0.1) is 16.9 Å². The van der Waals surface area contributed by atoms with E-state index in [0.717, 1.165) is 11.4 Å². The summed E-state index contributed by atoms with van der Waals surface area (Å²) in [5.74, 6) is 1.50. The average molecular weight is 340 g/mol. The molecule has 0 amide bonds. The van der Waals surface area contributed by atoms with Crippen LogP contribution >= 0.6 is 11.6 Å². The summed E-state index contributed by atoms with van der Waals surface area (Å²) in [6, 6.07) is 15.7. The van der Waals surface area contributed by atoms with E-state index >= 15 is 0 Å². The van der Waals surface area contributed by atoms with Crippen LogP contribution < -0.4 is 10.6 Å². The maximum Gasteiger partial charge on any atom is 0.249 e. The molecular weight excluding hydrogens is 322 g/mol. The minimum absolute atomic E-state index is 0.381. The molecule has 0 atom stereocenters.